The fraction of sp³-hybridized carbons (Fsp3) is 0.667. The van der Waals surface area contributed by atoms with Crippen LogP contribution >= 0.6 is 0 Å². The number of likely N-dealkylation sites (tertiary alicyclic amines) is 1. The minimum absolute atomic E-state index is 0.647. The Morgan fingerprint density at radius 1 is 1.41 bits per heavy atom. The van der Waals surface area contributed by atoms with E-state index in [2.05, 4.69) is 48.0 Å². The molecule has 0 radical (unpaired) electrons. The van der Waals surface area contributed by atoms with Crippen LogP contribution in [0.25, 0.3) is 0 Å². The van der Waals surface area contributed by atoms with Crippen molar-refractivity contribution in [3.8, 4) is 0 Å². The summed E-state index contributed by atoms with van der Waals surface area (Å²) in [4.78, 5) is 2.48. The van der Waals surface area contributed by atoms with Crippen molar-refractivity contribution in [1.29, 1.82) is 0 Å². The molecule has 1 aliphatic rings. The van der Waals surface area contributed by atoms with E-state index < -0.39 is 0 Å². The van der Waals surface area contributed by atoms with Crippen LogP contribution in [-0.4, -0.2) is 18.5 Å². The Hall–Kier alpha value is -0.890. The highest BCUT2D eigenvalue weighted by molar-refractivity contribution is 5.12. The van der Waals surface area contributed by atoms with Gasteiger partial charge < -0.3 is 0 Å². The summed E-state index contributed by atoms with van der Waals surface area (Å²) in [7, 11) is 2.24. The van der Waals surface area contributed by atoms with Crippen LogP contribution in [-0.2, 0) is 6.54 Å². The minimum Gasteiger partial charge on any atom is -0.299 e. The van der Waals surface area contributed by atoms with Gasteiger partial charge in [0.05, 0.1) is 0 Å². The highest BCUT2D eigenvalue weighted by Crippen LogP contribution is 2.29. The van der Waals surface area contributed by atoms with Crippen molar-refractivity contribution in [1.82, 2.24) is 4.90 Å². The molecule has 0 amide bonds. The minimum atomic E-state index is 0.647. The summed E-state index contributed by atoms with van der Waals surface area (Å²) in [5, 5.41) is 0. The van der Waals surface area contributed by atoms with Crippen molar-refractivity contribution in [2.24, 2.45) is 0 Å². The summed E-state index contributed by atoms with van der Waals surface area (Å²) in [6.45, 7) is 4.67. The molecule has 2 heteroatoms. The Morgan fingerprint density at radius 2 is 2.29 bits per heavy atom. The summed E-state index contributed by atoms with van der Waals surface area (Å²) < 4.78 is 2.36. The first-order chi connectivity index (χ1) is 8.31. The SMILES string of the molecule is CCCCC[n+]1cccc([C@@H]2CCCN2C)c1. The molecule has 0 N–H and O–H groups in total. The zero-order valence-electron chi connectivity index (χ0n) is 11.2. The van der Waals surface area contributed by atoms with Crippen molar-refractivity contribution < 1.29 is 4.57 Å². The summed E-state index contributed by atoms with van der Waals surface area (Å²) in [6.07, 6.45) is 11.1. The maximum Gasteiger partial charge on any atom is 0.173 e. The number of hydrogen-bond donors (Lipinski definition) is 0. The van der Waals surface area contributed by atoms with Crippen LogP contribution in [0.2, 0.25) is 0 Å². The van der Waals surface area contributed by atoms with E-state index in [1.54, 1.807) is 0 Å². The van der Waals surface area contributed by atoms with Crippen LogP contribution in [0.15, 0.2) is 24.5 Å². The van der Waals surface area contributed by atoms with Gasteiger partial charge in [0.2, 0.25) is 0 Å². The van der Waals surface area contributed by atoms with Crippen molar-refractivity contribution >= 4 is 0 Å². The first-order valence-electron chi connectivity index (χ1n) is 7.00. The molecule has 0 spiro atoms. The molecule has 94 valence electrons. The van der Waals surface area contributed by atoms with E-state index in [1.807, 2.05) is 0 Å². The van der Waals surface area contributed by atoms with Gasteiger partial charge in [-0.3, -0.25) is 4.90 Å². The molecule has 1 fully saturated rings. The van der Waals surface area contributed by atoms with E-state index >= 15 is 0 Å². The molecular formula is C15H25N2+. The van der Waals surface area contributed by atoms with Gasteiger partial charge in [-0.25, -0.2) is 4.57 Å². The zero-order valence-corrected chi connectivity index (χ0v) is 11.2. The van der Waals surface area contributed by atoms with E-state index in [4.69, 9.17) is 0 Å². The maximum absolute atomic E-state index is 2.48. The van der Waals surface area contributed by atoms with Crippen LogP contribution in [0.5, 0.6) is 0 Å². The number of pyridine rings is 1. The average Bonchev–Trinajstić information content (AvgIpc) is 2.76. The molecular weight excluding hydrogens is 208 g/mol. The summed E-state index contributed by atoms with van der Waals surface area (Å²) >= 11 is 0. The van der Waals surface area contributed by atoms with Gasteiger partial charge in [0.15, 0.2) is 12.4 Å². The van der Waals surface area contributed by atoms with Gasteiger partial charge in [0.1, 0.15) is 6.54 Å². The molecule has 0 unspecified atom stereocenters. The van der Waals surface area contributed by atoms with Gasteiger partial charge in [-0.1, -0.05) is 13.3 Å². The van der Waals surface area contributed by atoms with E-state index in [-0.39, 0.29) is 0 Å². The molecule has 0 aromatic carbocycles. The van der Waals surface area contributed by atoms with Crippen molar-refractivity contribution in [2.75, 3.05) is 13.6 Å². The summed E-state index contributed by atoms with van der Waals surface area (Å²) in [6, 6.07) is 5.13. The standard InChI is InChI=1S/C15H25N2/c1-3-4-5-11-17-12-6-8-14(13-17)15-9-7-10-16(15)2/h6,8,12-13,15H,3-5,7,9-11H2,1-2H3/q+1/t15-/m0/s1. The van der Waals surface area contributed by atoms with Crippen LogP contribution in [0, 0.1) is 0 Å². The third kappa shape index (κ3) is 3.29. The van der Waals surface area contributed by atoms with Crippen LogP contribution < -0.4 is 4.57 Å². The maximum atomic E-state index is 2.48. The normalized spacial score (nSPS) is 20.9. The lowest BCUT2D eigenvalue weighted by Crippen LogP contribution is -2.34. The average molecular weight is 233 g/mol. The first kappa shape index (κ1) is 12.6. The smallest absolute Gasteiger partial charge is 0.173 e. The van der Waals surface area contributed by atoms with E-state index in [1.165, 1.54) is 44.2 Å². The lowest BCUT2D eigenvalue weighted by molar-refractivity contribution is -0.697. The number of aryl methyl sites for hydroxylation is 1. The largest absolute Gasteiger partial charge is 0.299 e. The fourth-order valence-corrected chi connectivity index (χ4v) is 2.75. The molecule has 1 aromatic rings. The molecule has 1 aromatic heterocycles. The number of hydrogen-bond acceptors (Lipinski definition) is 1. The molecule has 2 nitrogen and oxygen atoms in total. The second kappa shape index (κ2) is 6.15. The third-order valence-electron chi connectivity index (χ3n) is 3.81. The molecule has 1 atom stereocenters. The molecule has 0 saturated carbocycles. The fourth-order valence-electron chi connectivity index (χ4n) is 2.75. The second-order valence-corrected chi connectivity index (χ2v) is 5.22. The summed E-state index contributed by atoms with van der Waals surface area (Å²) in [5.41, 5.74) is 1.49. The topological polar surface area (TPSA) is 7.12 Å². The quantitative estimate of drug-likeness (QED) is 0.560. The highest BCUT2D eigenvalue weighted by atomic mass is 15.1. The van der Waals surface area contributed by atoms with E-state index in [0.29, 0.717) is 6.04 Å². The molecule has 1 aliphatic heterocycles. The first-order valence-corrected chi connectivity index (χ1v) is 7.00. The lowest BCUT2D eigenvalue weighted by atomic mass is 10.1. The Balaban J connectivity index is 2.00. The second-order valence-electron chi connectivity index (χ2n) is 5.22. The number of aromatic nitrogens is 1. The van der Waals surface area contributed by atoms with Gasteiger partial charge in [0, 0.05) is 24.1 Å². The van der Waals surface area contributed by atoms with Crippen LogP contribution in [0.4, 0.5) is 0 Å². The zero-order chi connectivity index (χ0) is 12.1. The monoisotopic (exact) mass is 233 g/mol. The number of rotatable bonds is 5. The summed E-state index contributed by atoms with van der Waals surface area (Å²) in [5.74, 6) is 0. The number of nitrogens with zero attached hydrogens (tertiary/aromatic N) is 2. The van der Waals surface area contributed by atoms with Crippen LogP contribution in [0.3, 0.4) is 0 Å². The predicted octanol–water partition coefficient (Wildman–Crippen LogP) is 2.93. The molecule has 0 aliphatic carbocycles. The Labute approximate surface area is 105 Å². The van der Waals surface area contributed by atoms with Gasteiger partial charge in [0.25, 0.3) is 0 Å². The predicted molar refractivity (Wildman–Crippen MR) is 70.8 cm³/mol. The van der Waals surface area contributed by atoms with E-state index in [9.17, 15) is 0 Å². The Morgan fingerprint density at radius 3 is 3.00 bits per heavy atom. The van der Waals surface area contributed by atoms with Gasteiger partial charge in [-0.15, -0.1) is 0 Å². The number of unbranched alkanes of at least 4 members (excludes halogenated alkanes) is 2. The van der Waals surface area contributed by atoms with Crippen molar-refractivity contribution in [3.63, 3.8) is 0 Å². The molecule has 17 heavy (non-hydrogen) atoms. The van der Waals surface area contributed by atoms with Gasteiger partial charge in [-0.2, -0.15) is 0 Å². The molecule has 2 rings (SSSR count). The Kier molecular flexibility index (Phi) is 4.55. The molecule has 0 bridgehead atoms. The molecule has 2 heterocycles. The van der Waals surface area contributed by atoms with E-state index in [0.717, 1.165) is 6.54 Å². The van der Waals surface area contributed by atoms with Crippen LogP contribution in [0.1, 0.15) is 50.6 Å². The van der Waals surface area contributed by atoms with Crippen molar-refractivity contribution in [3.05, 3.63) is 30.1 Å². The third-order valence-corrected chi connectivity index (χ3v) is 3.81. The Bertz CT molecular complexity index is 349. The lowest BCUT2D eigenvalue weighted by Gasteiger charge is -2.18. The van der Waals surface area contributed by atoms with Gasteiger partial charge >= 0.3 is 0 Å². The van der Waals surface area contributed by atoms with Crippen molar-refractivity contribution in [2.45, 2.75) is 51.6 Å². The highest BCUT2D eigenvalue weighted by Gasteiger charge is 2.24. The molecule has 1 saturated heterocycles. The van der Waals surface area contributed by atoms with Gasteiger partial charge in [-0.05, 0) is 38.9 Å².